The van der Waals surface area contributed by atoms with Gasteiger partial charge in [0, 0.05) is 34.9 Å². The summed E-state index contributed by atoms with van der Waals surface area (Å²) in [6.07, 6.45) is 1.81. The van der Waals surface area contributed by atoms with E-state index in [0.29, 0.717) is 11.7 Å². The van der Waals surface area contributed by atoms with Crippen molar-refractivity contribution < 1.29 is 0 Å². The van der Waals surface area contributed by atoms with Gasteiger partial charge in [0.1, 0.15) is 5.15 Å². The molecular weight excluding hydrogens is 372 g/mol. The van der Waals surface area contributed by atoms with Crippen LogP contribution in [-0.4, -0.2) is 4.98 Å². The lowest BCUT2D eigenvalue weighted by Crippen LogP contribution is -2.13. The van der Waals surface area contributed by atoms with E-state index in [1.807, 2.05) is 42.6 Å². The molecule has 0 saturated carbocycles. The molecule has 1 N–H and O–H groups in total. The molecule has 0 bridgehead atoms. The Bertz CT molecular complexity index is 790. The van der Waals surface area contributed by atoms with Crippen LogP contribution in [0.15, 0.2) is 71.3 Å². The molecule has 0 radical (unpaired) electrons. The standard InChI is InChI=1S/C19H16BrClN2/c20-18-9-5-4-8-15(18)11-22-12-17-10-16(13-23-19(17)21)14-6-2-1-3-7-14/h1-10,13,22H,11-12H2. The van der Waals surface area contributed by atoms with Crippen molar-refractivity contribution in [1.29, 1.82) is 0 Å². The van der Waals surface area contributed by atoms with Gasteiger partial charge in [-0.1, -0.05) is 76.1 Å². The Morgan fingerprint density at radius 1 is 0.870 bits per heavy atom. The van der Waals surface area contributed by atoms with Gasteiger partial charge in [0.05, 0.1) is 0 Å². The van der Waals surface area contributed by atoms with Gasteiger partial charge < -0.3 is 5.32 Å². The normalized spacial score (nSPS) is 10.7. The molecule has 1 aromatic heterocycles. The van der Waals surface area contributed by atoms with E-state index < -0.39 is 0 Å². The van der Waals surface area contributed by atoms with Crippen molar-refractivity contribution in [2.75, 3.05) is 0 Å². The van der Waals surface area contributed by atoms with E-state index in [1.54, 1.807) is 0 Å². The number of aromatic nitrogens is 1. The topological polar surface area (TPSA) is 24.9 Å². The van der Waals surface area contributed by atoms with Crippen LogP contribution in [0.1, 0.15) is 11.1 Å². The predicted octanol–water partition coefficient (Wildman–Crippen LogP) is 5.45. The zero-order chi connectivity index (χ0) is 16.1. The number of hydrogen-bond donors (Lipinski definition) is 1. The van der Waals surface area contributed by atoms with Crippen molar-refractivity contribution in [3.05, 3.63) is 87.6 Å². The van der Waals surface area contributed by atoms with E-state index in [2.05, 4.69) is 50.5 Å². The third kappa shape index (κ3) is 4.20. The summed E-state index contributed by atoms with van der Waals surface area (Å²) >= 11 is 9.80. The van der Waals surface area contributed by atoms with Crippen LogP contribution in [0.25, 0.3) is 11.1 Å². The van der Waals surface area contributed by atoms with E-state index in [9.17, 15) is 0 Å². The number of halogens is 2. The van der Waals surface area contributed by atoms with E-state index >= 15 is 0 Å². The number of pyridine rings is 1. The average molecular weight is 388 g/mol. The van der Waals surface area contributed by atoms with Gasteiger partial charge in [-0.15, -0.1) is 0 Å². The van der Waals surface area contributed by atoms with Crippen molar-refractivity contribution in [2.45, 2.75) is 13.1 Å². The Morgan fingerprint density at radius 3 is 2.35 bits per heavy atom. The summed E-state index contributed by atoms with van der Waals surface area (Å²) in [5.74, 6) is 0. The number of rotatable bonds is 5. The van der Waals surface area contributed by atoms with Crippen LogP contribution in [0, 0.1) is 0 Å². The summed E-state index contributed by atoms with van der Waals surface area (Å²) in [6, 6.07) is 20.5. The second kappa shape index (κ2) is 7.73. The van der Waals surface area contributed by atoms with Crippen molar-refractivity contribution in [2.24, 2.45) is 0 Å². The predicted molar refractivity (Wildman–Crippen MR) is 99.4 cm³/mol. The summed E-state index contributed by atoms with van der Waals surface area (Å²) in [5, 5.41) is 3.97. The van der Waals surface area contributed by atoms with Crippen LogP contribution in [-0.2, 0) is 13.1 Å². The van der Waals surface area contributed by atoms with Gasteiger partial charge in [0.15, 0.2) is 0 Å². The number of hydrogen-bond acceptors (Lipinski definition) is 2. The highest BCUT2D eigenvalue weighted by atomic mass is 79.9. The molecule has 0 amide bonds. The minimum absolute atomic E-state index is 0.546. The quantitative estimate of drug-likeness (QED) is 0.588. The maximum absolute atomic E-state index is 6.24. The second-order valence-electron chi connectivity index (χ2n) is 5.23. The molecule has 0 atom stereocenters. The molecule has 2 nitrogen and oxygen atoms in total. The largest absolute Gasteiger partial charge is 0.308 e. The van der Waals surface area contributed by atoms with Gasteiger partial charge in [-0.05, 0) is 23.3 Å². The first-order valence-electron chi connectivity index (χ1n) is 7.38. The van der Waals surface area contributed by atoms with Gasteiger partial charge >= 0.3 is 0 Å². The van der Waals surface area contributed by atoms with Crippen molar-refractivity contribution in [3.8, 4) is 11.1 Å². The SMILES string of the molecule is Clc1ncc(-c2ccccc2)cc1CNCc1ccccc1Br. The molecule has 2 aromatic carbocycles. The summed E-state index contributed by atoms with van der Waals surface area (Å²) < 4.78 is 1.11. The van der Waals surface area contributed by atoms with Gasteiger partial charge in [0.25, 0.3) is 0 Å². The highest BCUT2D eigenvalue weighted by molar-refractivity contribution is 9.10. The van der Waals surface area contributed by atoms with Gasteiger partial charge in [-0.3, -0.25) is 0 Å². The average Bonchev–Trinajstić information content (AvgIpc) is 2.59. The first-order valence-corrected chi connectivity index (χ1v) is 8.55. The van der Waals surface area contributed by atoms with Crippen LogP contribution in [0.2, 0.25) is 5.15 Å². The van der Waals surface area contributed by atoms with Gasteiger partial charge in [0.2, 0.25) is 0 Å². The molecule has 23 heavy (non-hydrogen) atoms. The van der Waals surface area contributed by atoms with Crippen LogP contribution in [0.5, 0.6) is 0 Å². The van der Waals surface area contributed by atoms with E-state index in [-0.39, 0.29) is 0 Å². The van der Waals surface area contributed by atoms with Crippen LogP contribution in [0.3, 0.4) is 0 Å². The van der Waals surface area contributed by atoms with Gasteiger partial charge in [-0.25, -0.2) is 4.98 Å². The molecule has 3 aromatic rings. The molecular formula is C19H16BrClN2. The lowest BCUT2D eigenvalue weighted by atomic mass is 10.1. The fourth-order valence-corrected chi connectivity index (χ4v) is 2.97. The molecule has 0 spiro atoms. The van der Waals surface area contributed by atoms with Crippen molar-refractivity contribution in [1.82, 2.24) is 10.3 Å². The molecule has 3 rings (SSSR count). The molecule has 1 heterocycles. The Kier molecular flexibility index (Phi) is 5.44. The van der Waals surface area contributed by atoms with Crippen LogP contribution < -0.4 is 5.32 Å². The van der Waals surface area contributed by atoms with E-state index in [0.717, 1.165) is 27.7 Å². The van der Waals surface area contributed by atoms with Crippen LogP contribution in [0.4, 0.5) is 0 Å². The zero-order valence-corrected chi connectivity index (χ0v) is 14.8. The lowest BCUT2D eigenvalue weighted by Gasteiger charge is -2.10. The van der Waals surface area contributed by atoms with E-state index in [1.165, 1.54) is 5.56 Å². The van der Waals surface area contributed by atoms with E-state index in [4.69, 9.17) is 11.6 Å². The lowest BCUT2D eigenvalue weighted by molar-refractivity contribution is 0.690. The van der Waals surface area contributed by atoms with Crippen molar-refractivity contribution in [3.63, 3.8) is 0 Å². The minimum Gasteiger partial charge on any atom is -0.308 e. The molecule has 0 aliphatic carbocycles. The van der Waals surface area contributed by atoms with Crippen molar-refractivity contribution >= 4 is 27.5 Å². The molecule has 4 heteroatoms. The molecule has 0 saturated heterocycles. The maximum Gasteiger partial charge on any atom is 0.133 e. The summed E-state index contributed by atoms with van der Waals surface area (Å²) in [7, 11) is 0. The smallest absolute Gasteiger partial charge is 0.133 e. The third-order valence-corrected chi connectivity index (χ3v) is 4.72. The molecule has 0 fully saturated rings. The number of nitrogens with zero attached hydrogens (tertiary/aromatic N) is 1. The zero-order valence-electron chi connectivity index (χ0n) is 12.5. The van der Waals surface area contributed by atoms with Crippen LogP contribution >= 0.6 is 27.5 Å². The number of benzene rings is 2. The first-order chi connectivity index (χ1) is 11.2. The summed E-state index contributed by atoms with van der Waals surface area (Å²) in [5.41, 5.74) is 4.44. The molecule has 116 valence electrons. The third-order valence-electron chi connectivity index (χ3n) is 3.61. The molecule has 0 aliphatic heterocycles. The first kappa shape index (κ1) is 16.2. The summed E-state index contributed by atoms with van der Waals surface area (Å²) in [4.78, 5) is 4.31. The second-order valence-corrected chi connectivity index (χ2v) is 6.45. The highest BCUT2D eigenvalue weighted by Gasteiger charge is 2.06. The fraction of sp³-hybridized carbons (Fsp3) is 0.105. The fourth-order valence-electron chi connectivity index (χ4n) is 2.38. The molecule has 0 aliphatic rings. The molecule has 0 unspecified atom stereocenters. The Hall–Kier alpha value is -1.68. The minimum atomic E-state index is 0.546. The summed E-state index contributed by atoms with van der Waals surface area (Å²) in [6.45, 7) is 1.45. The maximum atomic E-state index is 6.24. The Morgan fingerprint density at radius 2 is 1.57 bits per heavy atom. The highest BCUT2D eigenvalue weighted by Crippen LogP contribution is 2.23. The Balaban J connectivity index is 1.72. The number of nitrogens with one attached hydrogen (secondary N) is 1. The van der Waals surface area contributed by atoms with Gasteiger partial charge in [-0.2, -0.15) is 0 Å². The monoisotopic (exact) mass is 386 g/mol. The Labute approximate surface area is 149 Å².